The number of carbonyl (C=O) groups excluding carboxylic acids is 2. The van der Waals surface area contributed by atoms with Crippen molar-refractivity contribution in [2.45, 2.75) is 38.3 Å². The molecule has 1 fully saturated rings. The number of hydrogen-bond donors (Lipinski definition) is 2. The van der Waals surface area contributed by atoms with Gasteiger partial charge in [-0.1, -0.05) is 17.7 Å². The predicted molar refractivity (Wildman–Crippen MR) is 103 cm³/mol. The predicted octanol–water partition coefficient (Wildman–Crippen LogP) is 4.15. The second kappa shape index (κ2) is 8.37. The highest BCUT2D eigenvalue weighted by molar-refractivity contribution is 6.35. The first-order valence-corrected chi connectivity index (χ1v) is 9.48. The molecule has 0 bridgehead atoms. The van der Waals surface area contributed by atoms with Gasteiger partial charge in [0.05, 0.1) is 10.6 Å². The first-order chi connectivity index (χ1) is 13.3. The average Bonchev–Trinajstić information content (AvgIpc) is 3.45. The van der Waals surface area contributed by atoms with Crippen molar-refractivity contribution in [3.05, 3.63) is 69.7 Å². The van der Waals surface area contributed by atoms with E-state index >= 15 is 4.39 Å². The van der Waals surface area contributed by atoms with Crippen LogP contribution in [0.25, 0.3) is 0 Å². The third kappa shape index (κ3) is 4.56. The van der Waals surface area contributed by atoms with Crippen LogP contribution in [0.4, 0.5) is 8.78 Å². The van der Waals surface area contributed by atoms with E-state index in [4.69, 9.17) is 17.3 Å². The van der Waals surface area contributed by atoms with E-state index in [0.29, 0.717) is 5.56 Å². The maximum atomic E-state index is 15.4. The third-order valence-electron chi connectivity index (χ3n) is 4.85. The fourth-order valence-electron chi connectivity index (χ4n) is 3.34. The number of halogens is 3. The molecule has 1 aliphatic rings. The molecule has 0 aliphatic heterocycles. The van der Waals surface area contributed by atoms with Crippen LogP contribution in [-0.4, -0.2) is 17.7 Å². The summed E-state index contributed by atoms with van der Waals surface area (Å²) in [6, 6.07) is 7.34. The summed E-state index contributed by atoms with van der Waals surface area (Å²) >= 11 is 6.14. The Labute approximate surface area is 167 Å². The minimum Gasteiger partial charge on any atom is -0.370 e. The SMILES string of the molecule is C[C@@H](CC(N)=O)NC(c1ccc(Cl)c(C(=O)c2ccc(F)cc2)c1F)C1CC1. The molecular formula is C21H21ClF2N2O2. The smallest absolute Gasteiger partial charge is 0.218 e. The fourth-order valence-corrected chi connectivity index (χ4v) is 3.57. The maximum Gasteiger partial charge on any atom is 0.218 e. The van der Waals surface area contributed by atoms with Crippen molar-refractivity contribution in [1.29, 1.82) is 0 Å². The zero-order valence-electron chi connectivity index (χ0n) is 15.3. The summed E-state index contributed by atoms with van der Waals surface area (Å²) in [7, 11) is 0. The number of primary amides is 1. The Bertz CT molecular complexity index is 898. The van der Waals surface area contributed by atoms with Crippen molar-refractivity contribution in [1.82, 2.24) is 5.32 Å². The lowest BCUT2D eigenvalue weighted by Gasteiger charge is -2.24. The average molecular weight is 407 g/mol. The molecule has 1 aliphatic carbocycles. The monoisotopic (exact) mass is 406 g/mol. The Balaban J connectivity index is 1.95. The summed E-state index contributed by atoms with van der Waals surface area (Å²) in [4.78, 5) is 24.0. The number of nitrogens with two attached hydrogens (primary N) is 1. The quantitative estimate of drug-likeness (QED) is 0.647. The first-order valence-electron chi connectivity index (χ1n) is 9.10. The minimum atomic E-state index is -0.697. The lowest BCUT2D eigenvalue weighted by atomic mass is 9.94. The van der Waals surface area contributed by atoms with Crippen LogP contribution in [-0.2, 0) is 4.79 Å². The topological polar surface area (TPSA) is 72.2 Å². The largest absolute Gasteiger partial charge is 0.370 e. The van der Waals surface area contributed by atoms with Crippen molar-refractivity contribution in [3.63, 3.8) is 0 Å². The molecule has 2 atom stereocenters. The van der Waals surface area contributed by atoms with Gasteiger partial charge in [0.25, 0.3) is 0 Å². The molecule has 2 aromatic rings. The zero-order chi connectivity index (χ0) is 20.4. The van der Waals surface area contributed by atoms with E-state index in [0.717, 1.165) is 25.0 Å². The number of nitrogens with one attached hydrogen (secondary N) is 1. The second-order valence-corrected chi connectivity index (χ2v) is 7.62. The van der Waals surface area contributed by atoms with Crippen LogP contribution in [0, 0.1) is 17.6 Å². The van der Waals surface area contributed by atoms with Gasteiger partial charge in [-0.25, -0.2) is 8.78 Å². The van der Waals surface area contributed by atoms with Crippen LogP contribution in [0.2, 0.25) is 5.02 Å². The Morgan fingerprint density at radius 1 is 1.18 bits per heavy atom. The van der Waals surface area contributed by atoms with Gasteiger partial charge in [0.1, 0.15) is 11.6 Å². The van der Waals surface area contributed by atoms with E-state index in [2.05, 4.69) is 5.32 Å². The highest BCUT2D eigenvalue weighted by atomic mass is 35.5. The normalized spacial score (nSPS) is 15.9. The number of ketones is 1. The second-order valence-electron chi connectivity index (χ2n) is 7.21. The van der Waals surface area contributed by atoms with Crippen molar-refractivity contribution >= 4 is 23.3 Å². The molecule has 148 valence electrons. The molecule has 0 spiro atoms. The van der Waals surface area contributed by atoms with Gasteiger partial charge in [-0.2, -0.15) is 0 Å². The molecule has 3 N–H and O–H groups in total. The highest BCUT2D eigenvalue weighted by Crippen LogP contribution is 2.43. The number of amides is 1. The molecule has 1 unspecified atom stereocenters. The maximum absolute atomic E-state index is 15.4. The Hall–Kier alpha value is -2.31. The van der Waals surface area contributed by atoms with Crippen LogP contribution in [0.1, 0.15) is 53.7 Å². The molecule has 0 saturated heterocycles. The molecule has 3 rings (SSSR count). The van der Waals surface area contributed by atoms with Crippen LogP contribution in [0.3, 0.4) is 0 Å². The number of hydrogen-bond acceptors (Lipinski definition) is 3. The van der Waals surface area contributed by atoms with E-state index < -0.39 is 23.3 Å². The van der Waals surface area contributed by atoms with E-state index in [-0.39, 0.29) is 40.6 Å². The highest BCUT2D eigenvalue weighted by Gasteiger charge is 2.36. The van der Waals surface area contributed by atoms with Crippen molar-refractivity contribution in [2.24, 2.45) is 11.7 Å². The van der Waals surface area contributed by atoms with Gasteiger partial charge in [0.15, 0.2) is 5.78 Å². The van der Waals surface area contributed by atoms with Crippen molar-refractivity contribution in [3.8, 4) is 0 Å². The fraction of sp³-hybridized carbons (Fsp3) is 0.333. The number of rotatable bonds is 8. The minimum absolute atomic E-state index is 0.00435. The van der Waals surface area contributed by atoms with E-state index in [9.17, 15) is 14.0 Å². The summed E-state index contributed by atoms with van der Waals surface area (Å²) in [6.07, 6.45) is 1.97. The molecule has 1 amide bonds. The van der Waals surface area contributed by atoms with Crippen molar-refractivity contribution in [2.75, 3.05) is 0 Å². The Kier molecular flexibility index (Phi) is 6.10. The summed E-state index contributed by atoms with van der Waals surface area (Å²) in [5.74, 6) is -2.03. The summed E-state index contributed by atoms with van der Waals surface area (Å²) in [5.41, 5.74) is 5.49. The third-order valence-corrected chi connectivity index (χ3v) is 5.17. The molecule has 0 aromatic heterocycles. The van der Waals surface area contributed by atoms with Crippen LogP contribution >= 0.6 is 11.6 Å². The Morgan fingerprint density at radius 3 is 2.39 bits per heavy atom. The van der Waals surface area contributed by atoms with Gasteiger partial charge in [0.2, 0.25) is 5.91 Å². The summed E-state index contributed by atoms with van der Waals surface area (Å²) < 4.78 is 28.5. The van der Waals surface area contributed by atoms with Crippen LogP contribution in [0.5, 0.6) is 0 Å². The van der Waals surface area contributed by atoms with Gasteiger partial charge >= 0.3 is 0 Å². The zero-order valence-corrected chi connectivity index (χ0v) is 16.1. The van der Waals surface area contributed by atoms with Crippen LogP contribution in [0.15, 0.2) is 36.4 Å². The van der Waals surface area contributed by atoms with Crippen LogP contribution < -0.4 is 11.1 Å². The molecule has 0 radical (unpaired) electrons. The molecular weight excluding hydrogens is 386 g/mol. The Morgan fingerprint density at radius 2 is 1.82 bits per heavy atom. The van der Waals surface area contributed by atoms with Gasteiger partial charge < -0.3 is 11.1 Å². The molecule has 2 aromatic carbocycles. The van der Waals surface area contributed by atoms with E-state index in [1.165, 1.54) is 18.2 Å². The number of carbonyl (C=O) groups is 2. The molecule has 28 heavy (non-hydrogen) atoms. The van der Waals surface area contributed by atoms with Gasteiger partial charge in [-0.05, 0) is 56.0 Å². The molecule has 7 heteroatoms. The number of benzene rings is 2. The van der Waals surface area contributed by atoms with E-state index in [1.807, 2.05) is 0 Å². The molecule has 0 heterocycles. The first kappa shape index (κ1) is 20.4. The van der Waals surface area contributed by atoms with Gasteiger partial charge in [0, 0.05) is 29.6 Å². The van der Waals surface area contributed by atoms with Gasteiger partial charge in [-0.3, -0.25) is 9.59 Å². The van der Waals surface area contributed by atoms with Gasteiger partial charge in [-0.15, -0.1) is 0 Å². The molecule has 1 saturated carbocycles. The standard InChI is InChI=1S/C21H21ClF2N2O2/c1-11(10-17(25)27)26-20(12-2-3-12)15-8-9-16(22)18(19(15)24)21(28)13-4-6-14(23)7-5-13/h4-9,11-12,20,26H,2-3,10H2,1H3,(H2,25,27)/t11-,20?/m0/s1. The summed E-state index contributed by atoms with van der Waals surface area (Å²) in [6.45, 7) is 1.80. The van der Waals surface area contributed by atoms with Crippen molar-refractivity contribution < 1.29 is 18.4 Å². The lowest BCUT2D eigenvalue weighted by molar-refractivity contribution is -0.118. The van der Waals surface area contributed by atoms with E-state index in [1.54, 1.807) is 13.0 Å². The summed E-state index contributed by atoms with van der Waals surface area (Å²) in [5, 5.41) is 3.25. The molecule has 4 nitrogen and oxygen atoms in total. The lowest BCUT2D eigenvalue weighted by Crippen LogP contribution is -2.35.